The molecule has 0 radical (unpaired) electrons. The van der Waals surface area contributed by atoms with Gasteiger partial charge < -0.3 is 9.84 Å². The number of thiophene rings is 1. The average molecular weight is 306 g/mol. The largest absolute Gasteiger partial charge is 0.338 e. The maximum absolute atomic E-state index is 5.37. The SMILES string of the molecule is CNCCC1CCN(Cc2nc(-c3ccsc3)no2)CC1. The van der Waals surface area contributed by atoms with E-state index < -0.39 is 0 Å². The topological polar surface area (TPSA) is 54.2 Å². The van der Waals surface area contributed by atoms with Crippen molar-refractivity contribution in [3.05, 3.63) is 22.7 Å². The average Bonchev–Trinajstić information content (AvgIpc) is 3.17. The highest BCUT2D eigenvalue weighted by Crippen LogP contribution is 2.22. The summed E-state index contributed by atoms with van der Waals surface area (Å²) >= 11 is 1.65. The Morgan fingerprint density at radius 3 is 3.00 bits per heavy atom. The van der Waals surface area contributed by atoms with Gasteiger partial charge in [0.05, 0.1) is 6.54 Å². The minimum Gasteiger partial charge on any atom is -0.338 e. The first-order valence-electron chi connectivity index (χ1n) is 7.57. The lowest BCUT2D eigenvalue weighted by Gasteiger charge is -2.30. The number of nitrogens with one attached hydrogen (secondary N) is 1. The van der Waals surface area contributed by atoms with Gasteiger partial charge in [0.1, 0.15) is 0 Å². The van der Waals surface area contributed by atoms with E-state index in [4.69, 9.17) is 4.52 Å². The van der Waals surface area contributed by atoms with Crippen molar-refractivity contribution in [2.24, 2.45) is 5.92 Å². The summed E-state index contributed by atoms with van der Waals surface area (Å²) in [6, 6.07) is 2.02. The molecule has 0 atom stereocenters. The van der Waals surface area contributed by atoms with E-state index in [1.807, 2.05) is 23.9 Å². The van der Waals surface area contributed by atoms with E-state index in [0.717, 1.165) is 43.6 Å². The van der Waals surface area contributed by atoms with E-state index in [1.165, 1.54) is 19.3 Å². The molecule has 1 saturated heterocycles. The Morgan fingerprint density at radius 2 is 2.29 bits per heavy atom. The Hall–Kier alpha value is -1.24. The molecule has 0 saturated carbocycles. The monoisotopic (exact) mass is 306 g/mol. The molecule has 0 unspecified atom stereocenters. The van der Waals surface area contributed by atoms with Crippen molar-refractivity contribution < 1.29 is 4.52 Å². The zero-order valence-corrected chi connectivity index (χ0v) is 13.2. The zero-order chi connectivity index (χ0) is 14.5. The van der Waals surface area contributed by atoms with Crippen LogP contribution in [0.15, 0.2) is 21.3 Å². The maximum Gasteiger partial charge on any atom is 0.241 e. The first kappa shape index (κ1) is 14.7. The van der Waals surface area contributed by atoms with Crippen LogP contribution in [0.5, 0.6) is 0 Å². The smallest absolute Gasteiger partial charge is 0.241 e. The molecule has 3 heterocycles. The summed E-state index contributed by atoms with van der Waals surface area (Å²) in [5.41, 5.74) is 1.04. The van der Waals surface area contributed by atoms with Crippen LogP contribution >= 0.6 is 11.3 Å². The Labute approximate surface area is 129 Å². The number of nitrogens with zero attached hydrogens (tertiary/aromatic N) is 3. The summed E-state index contributed by atoms with van der Waals surface area (Å²) in [6.45, 7) is 4.16. The summed E-state index contributed by atoms with van der Waals surface area (Å²) in [4.78, 5) is 6.91. The number of hydrogen-bond acceptors (Lipinski definition) is 6. The summed E-state index contributed by atoms with van der Waals surface area (Å²) in [7, 11) is 2.02. The van der Waals surface area contributed by atoms with Crippen LogP contribution < -0.4 is 5.32 Å². The van der Waals surface area contributed by atoms with Gasteiger partial charge in [-0.1, -0.05) is 5.16 Å². The van der Waals surface area contributed by atoms with Gasteiger partial charge in [0.2, 0.25) is 11.7 Å². The van der Waals surface area contributed by atoms with Crippen LogP contribution in [0.3, 0.4) is 0 Å². The number of hydrogen-bond donors (Lipinski definition) is 1. The van der Waals surface area contributed by atoms with Crippen molar-refractivity contribution in [3.8, 4) is 11.4 Å². The Bertz CT molecular complexity index is 532. The normalized spacial score (nSPS) is 17.4. The minimum atomic E-state index is 0.704. The fourth-order valence-electron chi connectivity index (χ4n) is 2.80. The molecule has 0 amide bonds. The summed E-state index contributed by atoms with van der Waals surface area (Å²) in [5.74, 6) is 2.29. The van der Waals surface area contributed by atoms with Crippen LogP contribution in [0.1, 0.15) is 25.2 Å². The first-order valence-corrected chi connectivity index (χ1v) is 8.51. The molecular formula is C15H22N4OS. The quantitative estimate of drug-likeness (QED) is 0.889. The van der Waals surface area contributed by atoms with Crippen LogP contribution in [0.4, 0.5) is 0 Å². The van der Waals surface area contributed by atoms with Gasteiger partial charge >= 0.3 is 0 Å². The number of likely N-dealkylation sites (tertiary alicyclic amines) is 1. The predicted octanol–water partition coefficient (Wildman–Crippen LogP) is 2.62. The van der Waals surface area contributed by atoms with Gasteiger partial charge in [-0.05, 0) is 63.3 Å². The van der Waals surface area contributed by atoms with E-state index in [9.17, 15) is 0 Å². The van der Waals surface area contributed by atoms with Crippen molar-refractivity contribution in [3.63, 3.8) is 0 Å². The second kappa shape index (κ2) is 7.15. The first-order chi connectivity index (χ1) is 10.3. The lowest BCUT2D eigenvalue weighted by atomic mass is 9.93. The van der Waals surface area contributed by atoms with E-state index in [-0.39, 0.29) is 0 Å². The highest BCUT2D eigenvalue weighted by Gasteiger charge is 2.20. The van der Waals surface area contributed by atoms with Crippen molar-refractivity contribution in [2.75, 3.05) is 26.7 Å². The minimum absolute atomic E-state index is 0.704. The molecule has 1 aliphatic heterocycles. The Kier molecular flexibility index (Phi) is 5.00. The summed E-state index contributed by atoms with van der Waals surface area (Å²) in [5, 5.41) is 11.4. The van der Waals surface area contributed by atoms with Gasteiger partial charge in [-0.2, -0.15) is 16.3 Å². The molecule has 3 rings (SSSR count). The van der Waals surface area contributed by atoms with Gasteiger partial charge in [0.15, 0.2) is 0 Å². The van der Waals surface area contributed by atoms with Gasteiger partial charge in [-0.15, -0.1) is 0 Å². The third kappa shape index (κ3) is 3.90. The van der Waals surface area contributed by atoms with Crippen LogP contribution in [0, 0.1) is 5.92 Å². The summed E-state index contributed by atoms with van der Waals surface area (Å²) < 4.78 is 5.37. The molecule has 0 bridgehead atoms. The fraction of sp³-hybridized carbons (Fsp3) is 0.600. The zero-order valence-electron chi connectivity index (χ0n) is 12.4. The van der Waals surface area contributed by atoms with E-state index in [0.29, 0.717) is 5.82 Å². The van der Waals surface area contributed by atoms with Crippen molar-refractivity contribution in [2.45, 2.75) is 25.8 Å². The third-order valence-corrected chi connectivity index (χ3v) is 4.80. The molecule has 1 N–H and O–H groups in total. The molecule has 0 aromatic carbocycles. The van der Waals surface area contributed by atoms with Crippen LogP contribution in [-0.4, -0.2) is 41.7 Å². The van der Waals surface area contributed by atoms with Crippen LogP contribution in [0.25, 0.3) is 11.4 Å². The molecule has 2 aromatic heterocycles. The standard InChI is InChI=1S/C15H22N4OS/c1-16-6-2-12-3-7-19(8-4-12)10-14-17-15(18-20-14)13-5-9-21-11-13/h5,9,11-12,16H,2-4,6-8,10H2,1H3. The van der Waals surface area contributed by atoms with E-state index in [1.54, 1.807) is 11.3 Å². The van der Waals surface area contributed by atoms with Crippen molar-refractivity contribution in [1.29, 1.82) is 0 Å². The molecule has 21 heavy (non-hydrogen) atoms. The van der Waals surface area contributed by atoms with Crippen molar-refractivity contribution in [1.82, 2.24) is 20.4 Å². The van der Waals surface area contributed by atoms with Crippen LogP contribution in [0.2, 0.25) is 0 Å². The Morgan fingerprint density at radius 1 is 1.43 bits per heavy atom. The molecule has 2 aromatic rings. The number of piperidine rings is 1. The third-order valence-electron chi connectivity index (χ3n) is 4.12. The molecule has 5 nitrogen and oxygen atoms in total. The molecule has 114 valence electrons. The highest BCUT2D eigenvalue weighted by molar-refractivity contribution is 7.08. The van der Waals surface area contributed by atoms with Gasteiger partial charge in [-0.25, -0.2) is 0 Å². The second-order valence-electron chi connectivity index (χ2n) is 5.64. The molecule has 1 aliphatic rings. The Balaban J connectivity index is 1.49. The molecule has 1 fully saturated rings. The van der Waals surface area contributed by atoms with Gasteiger partial charge in [0.25, 0.3) is 0 Å². The molecule has 0 aliphatic carbocycles. The van der Waals surface area contributed by atoms with Gasteiger partial charge in [0, 0.05) is 10.9 Å². The maximum atomic E-state index is 5.37. The van der Waals surface area contributed by atoms with E-state index in [2.05, 4.69) is 20.4 Å². The number of aromatic nitrogens is 2. The highest BCUT2D eigenvalue weighted by atomic mass is 32.1. The fourth-order valence-corrected chi connectivity index (χ4v) is 3.44. The molecule has 0 spiro atoms. The van der Waals surface area contributed by atoms with Crippen molar-refractivity contribution >= 4 is 11.3 Å². The predicted molar refractivity (Wildman–Crippen MR) is 84.2 cm³/mol. The second-order valence-corrected chi connectivity index (χ2v) is 6.42. The lowest BCUT2D eigenvalue weighted by Crippen LogP contribution is -2.34. The molecule has 6 heteroatoms. The molecular weight excluding hydrogens is 284 g/mol. The lowest BCUT2D eigenvalue weighted by molar-refractivity contribution is 0.155. The van der Waals surface area contributed by atoms with E-state index >= 15 is 0 Å². The van der Waals surface area contributed by atoms with Crippen LogP contribution in [-0.2, 0) is 6.54 Å². The number of rotatable bonds is 6. The van der Waals surface area contributed by atoms with Gasteiger partial charge in [-0.3, -0.25) is 4.90 Å². The summed E-state index contributed by atoms with van der Waals surface area (Å²) in [6.07, 6.45) is 3.83.